The fourth-order valence-electron chi connectivity index (χ4n) is 2.61. The highest BCUT2D eigenvalue weighted by Crippen LogP contribution is 2.28. The van der Waals surface area contributed by atoms with Crippen LogP contribution in [-0.2, 0) is 9.59 Å². The zero-order valence-electron chi connectivity index (χ0n) is 17.0. The van der Waals surface area contributed by atoms with E-state index in [0.717, 1.165) is 17.7 Å². The van der Waals surface area contributed by atoms with Crippen LogP contribution in [0.2, 0.25) is 0 Å². The zero-order chi connectivity index (χ0) is 20.7. The van der Waals surface area contributed by atoms with Crippen LogP contribution in [0.1, 0.15) is 40.5 Å². The predicted octanol–water partition coefficient (Wildman–Crippen LogP) is 3.73. The maximum atomic E-state index is 12.8. The number of ether oxygens (including phenoxy) is 1. The Kier molecular flexibility index (Phi) is 7.92. The number of nitrogens with zero attached hydrogens (tertiary/aromatic N) is 2. The minimum Gasteiger partial charge on any atom is -0.497 e. The number of hydrogen-bond donors (Lipinski definition) is 2. The quantitative estimate of drug-likeness (QED) is 0.664. The van der Waals surface area contributed by atoms with E-state index in [1.54, 1.807) is 7.11 Å². The molecular formula is C20H28N4O3S. The summed E-state index contributed by atoms with van der Waals surface area (Å²) in [4.78, 5) is 24.9. The molecule has 1 heterocycles. The van der Waals surface area contributed by atoms with Crippen molar-refractivity contribution in [2.24, 2.45) is 11.8 Å². The summed E-state index contributed by atoms with van der Waals surface area (Å²) in [6.07, 6.45) is 1.16. The monoisotopic (exact) mass is 404 g/mol. The second-order valence-corrected chi connectivity index (χ2v) is 8.14. The topological polar surface area (TPSA) is 93.2 Å². The molecule has 7 nitrogen and oxygen atoms in total. The van der Waals surface area contributed by atoms with E-state index in [9.17, 15) is 9.59 Å². The molecule has 0 radical (unpaired) electrons. The summed E-state index contributed by atoms with van der Waals surface area (Å²) in [6.45, 7) is 7.88. The van der Waals surface area contributed by atoms with Gasteiger partial charge in [0.1, 0.15) is 16.8 Å². The Labute approximate surface area is 169 Å². The first-order valence-electron chi connectivity index (χ1n) is 9.42. The second-order valence-electron chi connectivity index (χ2n) is 7.16. The van der Waals surface area contributed by atoms with Crippen molar-refractivity contribution in [3.8, 4) is 16.3 Å². The van der Waals surface area contributed by atoms with Crippen molar-refractivity contribution in [1.82, 2.24) is 15.5 Å². The molecule has 0 unspecified atom stereocenters. The third-order valence-electron chi connectivity index (χ3n) is 4.40. The van der Waals surface area contributed by atoms with E-state index in [-0.39, 0.29) is 23.7 Å². The maximum Gasteiger partial charge on any atom is 0.249 e. The summed E-state index contributed by atoms with van der Waals surface area (Å²) in [7, 11) is 1.61. The number of rotatable bonds is 9. The second kappa shape index (κ2) is 10.2. The lowest BCUT2D eigenvalue weighted by atomic mass is 9.97. The van der Waals surface area contributed by atoms with Crippen molar-refractivity contribution >= 4 is 28.3 Å². The van der Waals surface area contributed by atoms with Crippen LogP contribution in [0.4, 0.5) is 5.13 Å². The number of amides is 2. The number of anilines is 1. The van der Waals surface area contributed by atoms with Gasteiger partial charge in [0.15, 0.2) is 0 Å². The first-order valence-corrected chi connectivity index (χ1v) is 10.2. The van der Waals surface area contributed by atoms with Crippen molar-refractivity contribution in [2.45, 2.75) is 46.6 Å². The van der Waals surface area contributed by atoms with Gasteiger partial charge in [-0.25, -0.2) is 0 Å². The average Bonchev–Trinajstić information content (AvgIpc) is 3.13. The van der Waals surface area contributed by atoms with Crippen LogP contribution >= 0.6 is 11.3 Å². The highest BCUT2D eigenvalue weighted by atomic mass is 32.1. The van der Waals surface area contributed by atoms with E-state index in [1.165, 1.54) is 11.3 Å². The first-order chi connectivity index (χ1) is 13.3. The van der Waals surface area contributed by atoms with Crippen molar-refractivity contribution in [3.05, 3.63) is 24.3 Å². The van der Waals surface area contributed by atoms with Gasteiger partial charge in [0.2, 0.25) is 16.9 Å². The molecule has 0 spiro atoms. The number of nitrogens with one attached hydrogen (secondary N) is 2. The summed E-state index contributed by atoms with van der Waals surface area (Å²) in [6, 6.07) is 6.86. The van der Waals surface area contributed by atoms with E-state index in [4.69, 9.17) is 4.74 Å². The maximum absolute atomic E-state index is 12.8. The van der Waals surface area contributed by atoms with Crippen molar-refractivity contribution in [2.75, 3.05) is 12.4 Å². The van der Waals surface area contributed by atoms with E-state index in [0.29, 0.717) is 16.6 Å². The lowest BCUT2D eigenvalue weighted by Gasteiger charge is -2.23. The Hall–Kier alpha value is -2.48. The van der Waals surface area contributed by atoms with Crippen LogP contribution in [0.5, 0.6) is 5.75 Å². The zero-order valence-corrected chi connectivity index (χ0v) is 17.8. The fraction of sp³-hybridized carbons (Fsp3) is 0.500. The number of methoxy groups -OCH3 is 1. The van der Waals surface area contributed by atoms with Crippen LogP contribution in [0.3, 0.4) is 0 Å². The molecule has 0 saturated carbocycles. The average molecular weight is 405 g/mol. The molecule has 0 aliphatic carbocycles. The van der Waals surface area contributed by atoms with Gasteiger partial charge < -0.3 is 10.1 Å². The van der Waals surface area contributed by atoms with E-state index in [1.807, 2.05) is 52.0 Å². The molecule has 2 amide bonds. The number of benzene rings is 1. The summed E-state index contributed by atoms with van der Waals surface area (Å²) >= 11 is 1.29. The number of hydrogen-bond acceptors (Lipinski definition) is 6. The lowest BCUT2D eigenvalue weighted by Crippen LogP contribution is -2.47. The third-order valence-corrected chi connectivity index (χ3v) is 5.29. The van der Waals surface area contributed by atoms with Crippen LogP contribution in [0.15, 0.2) is 24.3 Å². The normalized spacial score (nSPS) is 13.1. The molecule has 0 aliphatic rings. The van der Waals surface area contributed by atoms with Gasteiger partial charge in [-0.1, -0.05) is 45.5 Å². The van der Waals surface area contributed by atoms with Gasteiger partial charge >= 0.3 is 0 Å². The summed E-state index contributed by atoms with van der Waals surface area (Å²) < 4.78 is 5.15. The number of aromatic nitrogens is 2. The van der Waals surface area contributed by atoms with Crippen molar-refractivity contribution < 1.29 is 14.3 Å². The van der Waals surface area contributed by atoms with E-state index in [2.05, 4.69) is 20.8 Å². The minimum absolute atomic E-state index is 0.00472. The molecule has 1 aromatic heterocycles. The van der Waals surface area contributed by atoms with Crippen LogP contribution in [0.25, 0.3) is 10.6 Å². The van der Waals surface area contributed by atoms with Gasteiger partial charge in [-0.3, -0.25) is 14.9 Å². The van der Waals surface area contributed by atoms with Gasteiger partial charge in [-0.05, 0) is 36.1 Å². The van der Waals surface area contributed by atoms with Crippen LogP contribution in [0, 0.1) is 11.8 Å². The minimum atomic E-state index is -0.607. The molecule has 1 aromatic carbocycles. The first kappa shape index (κ1) is 21.8. The van der Waals surface area contributed by atoms with Crippen molar-refractivity contribution in [3.63, 3.8) is 0 Å². The Balaban J connectivity index is 2.08. The molecule has 0 aliphatic heterocycles. The largest absolute Gasteiger partial charge is 0.497 e. The summed E-state index contributed by atoms with van der Waals surface area (Å²) in [5.41, 5.74) is 0.891. The van der Waals surface area contributed by atoms with Crippen LogP contribution in [-0.4, -0.2) is 35.2 Å². The summed E-state index contributed by atoms with van der Waals surface area (Å²) in [5, 5.41) is 15.0. The van der Waals surface area contributed by atoms with Gasteiger partial charge in [0, 0.05) is 12.0 Å². The fourth-order valence-corrected chi connectivity index (χ4v) is 3.36. The molecule has 2 rings (SSSR count). The molecule has 0 saturated heterocycles. The Morgan fingerprint density at radius 1 is 1.14 bits per heavy atom. The SMILES string of the molecule is CC[C@H](C)[C@H](NC(=O)CC(C)C)C(=O)Nc1nnc(-c2ccc(OC)cc2)s1. The van der Waals surface area contributed by atoms with Crippen LogP contribution < -0.4 is 15.4 Å². The van der Waals surface area contributed by atoms with Gasteiger partial charge in [-0.2, -0.15) is 0 Å². The Bertz CT molecular complexity index is 789. The van der Waals surface area contributed by atoms with Gasteiger partial charge in [0.25, 0.3) is 0 Å². The van der Waals surface area contributed by atoms with E-state index < -0.39 is 6.04 Å². The van der Waals surface area contributed by atoms with E-state index >= 15 is 0 Å². The molecule has 0 bridgehead atoms. The van der Waals surface area contributed by atoms with Gasteiger partial charge in [0.05, 0.1) is 7.11 Å². The predicted molar refractivity (Wildman–Crippen MR) is 111 cm³/mol. The highest BCUT2D eigenvalue weighted by molar-refractivity contribution is 7.18. The lowest BCUT2D eigenvalue weighted by molar-refractivity contribution is -0.128. The molecule has 2 atom stereocenters. The molecule has 0 fully saturated rings. The molecule has 2 aromatic rings. The Morgan fingerprint density at radius 2 is 1.82 bits per heavy atom. The number of carbonyl (C=O) groups is 2. The molecule has 152 valence electrons. The number of carbonyl (C=O) groups excluding carboxylic acids is 2. The smallest absolute Gasteiger partial charge is 0.249 e. The Morgan fingerprint density at radius 3 is 2.39 bits per heavy atom. The molecule has 8 heteroatoms. The third kappa shape index (κ3) is 6.02. The summed E-state index contributed by atoms with van der Waals surface area (Å²) in [5.74, 6) is 0.604. The molecule has 2 N–H and O–H groups in total. The van der Waals surface area contributed by atoms with Crippen molar-refractivity contribution in [1.29, 1.82) is 0 Å². The molecule has 28 heavy (non-hydrogen) atoms. The molecular weight excluding hydrogens is 376 g/mol. The highest BCUT2D eigenvalue weighted by Gasteiger charge is 2.27. The standard InChI is InChI=1S/C20H28N4O3S/c1-6-13(4)17(21-16(25)11-12(2)3)18(26)22-20-24-23-19(28-20)14-7-9-15(27-5)10-8-14/h7-10,12-13,17H,6,11H2,1-5H3,(H,21,25)(H,22,24,26)/t13-,17-/m0/s1. The van der Waals surface area contributed by atoms with Gasteiger partial charge in [-0.15, -0.1) is 10.2 Å².